The molecule has 2 heterocycles. The molecular formula is C42H54N4O6S. The maximum atomic E-state index is 14.2. The topological polar surface area (TPSA) is 120 Å². The number of hydrogen-bond acceptors (Lipinski definition) is 9. The van der Waals surface area contributed by atoms with E-state index in [9.17, 15) is 14.4 Å². The monoisotopic (exact) mass is 742 g/mol. The summed E-state index contributed by atoms with van der Waals surface area (Å²) in [5, 5.41) is 7.07. The van der Waals surface area contributed by atoms with Gasteiger partial charge in [-0.2, -0.15) is 0 Å². The summed E-state index contributed by atoms with van der Waals surface area (Å²) in [5.41, 5.74) is 2.00. The Hall–Kier alpha value is -4.25. The second-order valence-electron chi connectivity index (χ2n) is 14.9. The zero-order valence-electron chi connectivity index (χ0n) is 31.7. The fraction of sp³-hybridized carbons (Fsp3) is 0.548. The fourth-order valence-electron chi connectivity index (χ4n) is 8.21. The van der Waals surface area contributed by atoms with Crippen molar-refractivity contribution in [3.05, 3.63) is 59.5 Å². The van der Waals surface area contributed by atoms with E-state index in [-0.39, 0.29) is 24.3 Å². The van der Waals surface area contributed by atoms with E-state index in [0.29, 0.717) is 43.2 Å². The number of fused-ring (bicyclic) bond motifs is 1. The Morgan fingerprint density at radius 1 is 1.06 bits per heavy atom. The molecule has 0 aliphatic heterocycles. The molecule has 1 aromatic carbocycles. The number of carbonyl (C=O) groups excluding carboxylic acids is 3. The van der Waals surface area contributed by atoms with Crippen LogP contribution in [-0.4, -0.2) is 71.6 Å². The van der Waals surface area contributed by atoms with E-state index in [1.165, 1.54) is 19.3 Å². The van der Waals surface area contributed by atoms with Crippen LogP contribution in [0.4, 0.5) is 0 Å². The van der Waals surface area contributed by atoms with E-state index in [0.717, 1.165) is 65.0 Å². The number of hydrogen-bond donors (Lipinski definition) is 1. The third-order valence-corrected chi connectivity index (χ3v) is 12.4. The Labute approximate surface area is 317 Å². The van der Waals surface area contributed by atoms with Crippen LogP contribution in [0.1, 0.15) is 94.0 Å². The maximum Gasteiger partial charge on any atom is 0.332 e. The predicted molar refractivity (Wildman–Crippen MR) is 208 cm³/mol. The van der Waals surface area contributed by atoms with E-state index in [2.05, 4.69) is 23.9 Å². The third-order valence-electron chi connectivity index (χ3n) is 11.4. The summed E-state index contributed by atoms with van der Waals surface area (Å²) >= 11 is 1.69. The van der Waals surface area contributed by atoms with E-state index in [4.69, 9.17) is 24.2 Å². The number of amides is 2. The van der Waals surface area contributed by atoms with Crippen molar-refractivity contribution in [2.45, 2.75) is 102 Å². The Morgan fingerprint density at radius 3 is 2.53 bits per heavy atom. The molecule has 0 bridgehead atoms. The molecule has 1 N–H and O–H groups in total. The number of unbranched alkanes of at least 4 members (excludes halogenated alkanes) is 2. The summed E-state index contributed by atoms with van der Waals surface area (Å²) in [5.74, 6) is -0.649. The highest BCUT2D eigenvalue weighted by molar-refractivity contribution is 7.10. The van der Waals surface area contributed by atoms with Crippen molar-refractivity contribution in [2.75, 3.05) is 27.3 Å². The fourth-order valence-corrected chi connectivity index (χ4v) is 9.19. The van der Waals surface area contributed by atoms with E-state index in [1.54, 1.807) is 43.4 Å². The zero-order valence-corrected chi connectivity index (χ0v) is 32.5. The number of esters is 1. The van der Waals surface area contributed by atoms with Crippen LogP contribution in [0, 0.1) is 24.7 Å². The molecule has 6 rings (SSSR count). The van der Waals surface area contributed by atoms with Gasteiger partial charge in [0, 0.05) is 47.8 Å². The first-order chi connectivity index (χ1) is 25.6. The number of nitrogens with zero attached hydrogens (tertiary/aromatic N) is 3. The number of aryl methyl sites for hydroxylation is 1. The van der Waals surface area contributed by atoms with E-state index in [1.807, 2.05) is 31.2 Å². The van der Waals surface area contributed by atoms with Crippen molar-refractivity contribution in [3.8, 4) is 22.9 Å². The van der Waals surface area contributed by atoms with Crippen LogP contribution in [0.2, 0.25) is 0 Å². The van der Waals surface area contributed by atoms with Gasteiger partial charge in [-0.25, -0.2) is 14.8 Å². The molecule has 0 spiro atoms. The van der Waals surface area contributed by atoms with E-state index >= 15 is 0 Å². The molecule has 3 saturated carbocycles. The SMILES string of the molecule is C=CCCCCN(C)C(=O)C1CC(Oc2cc(-c3csc(C4CCCCC4)n3)nc3c(C)c(OC)ccc23)CC1C(=O)NC1(C(=O)OCC)CC1C=C. The number of methoxy groups -OCH3 is 1. The van der Waals surface area contributed by atoms with Crippen molar-refractivity contribution in [1.29, 1.82) is 0 Å². The minimum absolute atomic E-state index is 0.102. The highest BCUT2D eigenvalue weighted by Crippen LogP contribution is 2.47. The molecule has 53 heavy (non-hydrogen) atoms. The van der Waals surface area contributed by atoms with Gasteiger partial charge in [0.05, 0.1) is 47.5 Å². The minimum Gasteiger partial charge on any atom is -0.496 e. The minimum atomic E-state index is -1.16. The normalized spacial score (nSPS) is 24.0. The molecule has 0 radical (unpaired) electrons. The number of benzene rings is 1. The summed E-state index contributed by atoms with van der Waals surface area (Å²) < 4.78 is 17.9. The van der Waals surface area contributed by atoms with Gasteiger partial charge in [-0.3, -0.25) is 9.59 Å². The quantitative estimate of drug-likeness (QED) is 0.0893. The lowest BCUT2D eigenvalue weighted by Gasteiger charge is -2.26. The molecule has 3 aliphatic carbocycles. The number of pyridine rings is 1. The van der Waals surface area contributed by atoms with Gasteiger partial charge in [0.2, 0.25) is 11.8 Å². The molecular weight excluding hydrogens is 689 g/mol. The molecule has 10 nitrogen and oxygen atoms in total. The average Bonchev–Trinajstić information content (AvgIpc) is 3.45. The first-order valence-electron chi connectivity index (χ1n) is 19.2. The number of aromatic nitrogens is 2. The molecule has 3 fully saturated rings. The number of rotatable bonds is 16. The summed E-state index contributed by atoms with van der Waals surface area (Å²) in [4.78, 5) is 53.2. The van der Waals surface area contributed by atoms with Gasteiger partial charge in [-0.15, -0.1) is 24.5 Å². The van der Waals surface area contributed by atoms with Crippen LogP contribution >= 0.6 is 11.3 Å². The predicted octanol–water partition coefficient (Wildman–Crippen LogP) is 7.94. The third kappa shape index (κ3) is 8.15. The number of ether oxygens (including phenoxy) is 3. The number of nitrogens with one attached hydrogen (secondary N) is 1. The van der Waals surface area contributed by atoms with Gasteiger partial charge in [0.15, 0.2) is 0 Å². The van der Waals surface area contributed by atoms with Gasteiger partial charge < -0.3 is 24.4 Å². The lowest BCUT2D eigenvalue weighted by atomic mass is 9.90. The Balaban J connectivity index is 1.31. The molecule has 2 amide bonds. The van der Waals surface area contributed by atoms with Crippen LogP contribution in [0.3, 0.4) is 0 Å². The smallest absolute Gasteiger partial charge is 0.332 e. The number of allylic oxidation sites excluding steroid dienone is 1. The van der Waals surface area contributed by atoms with Gasteiger partial charge in [-0.1, -0.05) is 31.4 Å². The molecule has 5 atom stereocenters. The van der Waals surface area contributed by atoms with Gasteiger partial charge in [0.25, 0.3) is 0 Å². The lowest BCUT2D eigenvalue weighted by molar-refractivity contribution is -0.150. The molecule has 11 heteroatoms. The highest BCUT2D eigenvalue weighted by Gasteiger charge is 2.62. The Morgan fingerprint density at radius 2 is 1.83 bits per heavy atom. The maximum absolute atomic E-state index is 14.2. The van der Waals surface area contributed by atoms with Crippen molar-refractivity contribution in [2.24, 2.45) is 17.8 Å². The Kier molecular flexibility index (Phi) is 12.2. The molecule has 284 valence electrons. The average molecular weight is 743 g/mol. The van der Waals surface area contributed by atoms with E-state index < -0.39 is 29.4 Å². The standard InChI is InChI=1S/C42H54N4O6S/c1-7-10-11-15-20-46(5)40(48)32-22-29(21-31(32)38(47)45-42(24-28(42)8-2)41(49)51-9-3)52-36-23-33(43-37-26(4)35(50-6)19-18-30(36)37)34-25-53-39(44-34)27-16-13-12-14-17-27/h7-8,18-19,23,25,27-29,31-32H,1-2,9-17,20-22,24H2,3-6H3,(H,45,47). The molecule has 2 aromatic heterocycles. The number of thiazole rings is 1. The van der Waals surface area contributed by atoms with Crippen molar-refractivity contribution >= 4 is 40.0 Å². The van der Waals surface area contributed by atoms with Crippen LogP contribution in [-0.2, 0) is 19.1 Å². The largest absolute Gasteiger partial charge is 0.496 e. The van der Waals surface area contributed by atoms with Crippen LogP contribution in [0.25, 0.3) is 22.3 Å². The van der Waals surface area contributed by atoms with Crippen LogP contribution in [0.5, 0.6) is 11.5 Å². The molecule has 3 aliphatic rings. The first-order valence-corrected chi connectivity index (χ1v) is 20.1. The second kappa shape index (κ2) is 16.8. The lowest BCUT2D eigenvalue weighted by Crippen LogP contribution is -2.50. The summed E-state index contributed by atoms with van der Waals surface area (Å²) in [6.07, 6.45) is 12.9. The van der Waals surface area contributed by atoms with Gasteiger partial charge >= 0.3 is 5.97 Å². The molecule has 0 saturated heterocycles. The van der Waals surface area contributed by atoms with Crippen molar-refractivity contribution < 1.29 is 28.6 Å². The van der Waals surface area contributed by atoms with Gasteiger partial charge in [-0.05, 0) is 77.3 Å². The first kappa shape index (κ1) is 38.5. The van der Waals surface area contributed by atoms with Crippen LogP contribution in [0.15, 0.2) is 48.9 Å². The van der Waals surface area contributed by atoms with Crippen molar-refractivity contribution in [1.82, 2.24) is 20.2 Å². The summed E-state index contributed by atoms with van der Waals surface area (Å²) in [6.45, 7) is 12.2. The molecule has 3 aromatic rings. The number of carbonyl (C=O) groups is 3. The van der Waals surface area contributed by atoms with Crippen LogP contribution < -0.4 is 14.8 Å². The van der Waals surface area contributed by atoms with Crippen molar-refractivity contribution in [3.63, 3.8) is 0 Å². The summed E-state index contributed by atoms with van der Waals surface area (Å²) in [6, 6.07) is 5.81. The second-order valence-corrected chi connectivity index (χ2v) is 15.8. The zero-order chi connectivity index (χ0) is 37.7. The summed E-state index contributed by atoms with van der Waals surface area (Å²) in [7, 11) is 3.44. The van der Waals surface area contributed by atoms with Gasteiger partial charge in [0.1, 0.15) is 23.1 Å². The highest BCUT2D eigenvalue weighted by atomic mass is 32.1. The molecule has 5 unspecified atom stereocenters. The Bertz CT molecular complexity index is 1840.